The Balaban J connectivity index is 2.64. The zero-order valence-electron chi connectivity index (χ0n) is 13.3. The fourth-order valence-electron chi connectivity index (χ4n) is 2.12. The van der Waals surface area contributed by atoms with E-state index >= 15 is 0 Å². The van der Waals surface area contributed by atoms with Gasteiger partial charge in [0.2, 0.25) is 0 Å². The fourth-order valence-corrected chi connectivity index (χ4v) is 2.12. The molecule has 0 aliphatic rings. The third-order valence-corrected chi connectivity index (χ3v) is 3.70. The lowest BCUT2D eigenvalue weighted by atomic mass is 10.0. The number of likely N-dealkylation sites (N-methyl/N-ethyl adjacent to an activating group) is 3. The molecule has 0 aliphatic heterocycles. The molecular weight excluding hydrogens is 234 g/mol. The molecule has 108 valence electrons. The van der Waals surface area contributed by atoms with E-state index in [2.05, 4.69) is 68.3 Å². The van der Waals surface area contributed by atoms with Gasteiger partial charge in [-0.2, -0.15) is 0 Å². The molecule has 0 saturated carbocycles. The Bertz CT molecular complexity index is 388. The van der Waals surface area contributed by atoms with E-state index in [9.17, 15) is 0 Å². The van der Waals surface area contributed by atoms with Crippen LogP contribution in [0.4, 0.5) is 0 Å². The highest BCUT2D eigenvalue weighted by Crippen LogP contribution is 2.17. The van der Waals surface area contributed by atoms with Crippen LogP contribution in [0.3, 0.4) is 0 Å². The molecule has 0 radical (unpaired) electrons. The van der Waals surface area contributed by atoms with Crippen LogP contribution in [0, 0.1) is 13.8 Å². The molecule has 1 N–H and O–H groups in total. The van der Waals surface area contributed by atoms with E-state index in [-0.39, 0.29) is 0 Å². The highest BCUT2D eigenvalue weighted by Gasteiger charge is 2.12. The van der Waals surface area contributed by atoms with E-state index in [1.54, 1.807) is 0 Å². The van der Waals surface area contributed by atoms with E-state index in [0.717, 1.165) is 19.6 Å². The van der Waals surface area contributed by atoms with Gasteiger partial charge in [0.15, 0.2) is 0 Å². The Kier molecular flexibility index (Phi) is 6.49. The Labute approximate surface area is 118 Å². The predicted molar refractivity (Wildman–Crippen MR) is 83.8 cm³/mol. The number of hydrogen-bond acceptors (Lipinski definition) is 3. The van der Waals surface area contributed by atoms with Crippen LogP contribution in [0.15, 0.2) is 18.2 Å². The van der Waals surface area contributed by atoms with Crippen molar-refractivity contribution in [1.82, 2.24) is 15.1 Å². The topological polar surface area (TPSA) is 18.5 Å². The normalized spacial score (nSPS) is 13.3. The third-order valence-electron chi connectivity index (χ3n) is 3.70. The van der Waals surface area contributed by atoms with Crippen LogP contribution < -0.4 is 5.32 Å². The molecule has 1 unspecified atom stereocenters. The van der Waals surface area contributed by atoms with Gasteiger partial charge >= 0.3 is 0 Å². The molecular formula is C16H29N3. The van der Waals surface area contributed by atoms with Crippen molar-refractivity contribution in [3.63, 3.8) is 0 Å². The minimum absolute atomic E-state index is 0.395. The van der Waals surface area contributed by atoms with Gasteiger partial charge in [-0.05, 0) is 58.7 Å². The van der Waals surface area contributed by atoms with Crippen molar-refractivity contribution in [2.45, 2.75) is 19.9 Å². The number of nitrogens with one attached hydrogen (secondary N) is 1. The molecule has 19 heavy (non-hydrogen) atoms. The number of hydrogen-bond donors (Lipinski definition) is 1. The van der Waals surface area contributed by atoms with Gasteiger partial charge in [0.05, 0.1) is 0 Å². The SMILES string of the molecule is CNC(CN(C)CCN(C)C)c1ccc(C)c(C)c1. The smallest absolute Gasteiger partial charge is 0.0446 e. The van der Waals surface area contributed by atoms with Crippen molar-refractivity contribution in [2.75, 3.05) is 47.8 Å². The minimum atomic E-state index is 0.395. The molecule has 1 aromatic carbocycles. The first-order valence-corrected chi connectivity index (χ1v) is 7.01. The number of benzene rings is 1. The van der Waals surface area contributed by atoms with Crippen molar-refractivity contribution in [3.05, 3.63) is 34.9 Å². The molecule has 0 aromatic heterocycles. The van der Waals surface area contributed by atoms with Crippen molar-refractivity contribution in [3.8, 4) is 0 Å². The predicted octanol–water partition coefficient (Wildman–Crippen LogP) is 2.06. The van der Waals surface area contributed by atoms with Crippen LogP contribution in [0.5, 0.6) is 0 Å². The molecule has 0 aliphatic carbocycles. The fraction of sp³-hybridized carbons (Fsp3) is 0.625. The van der Waals surface area contributed by atoms with Gasteiger partial charge in [0, 0.05) is 25.7 Å². The highest BCUT2D eigenvalue weighted by atomic mass is 15.2. The second-order valence-electron chi connectivity index (χ2n) is 5.75. The Morgan fingerprint density at radius 2 is 1.74 bits per heavy atom. The Morgan fingerprint density at radius 3 is 2.26 bits per heavy atom. The molecule has 0 saturated heterocycles. The van der Waals surface area contributed by atoms with Gasteiger partial charge in [-0.3, -0.25) is 0 Å². The standard InChI is InChI=1S/C16H29N3/c1-13-7-8-15(11-14(13)2)16(17-3)12-19(6)10-9-18(4)5/h7-8,11,16-17H,9-10,12H2,1-6H3. The maximum atomic E-state index is 3.43. The summed E-state index contributed by atoms with van der Waals surface area (Å²) >= 11 is 0. The molecule has 0 bridgehead atoms. The summed E-state index contributed by atoms with van der Waals surface area (Å²) in [4.78, 5) is 4.61. The van der Waals surface area contributed by atoms with E-state index in [0.29, 0.717) is 6.04 Å². The zero-order valence-corrected chi connectivity index (χ0v) is 13.3. The molecule has 1 atom stereocenters. The molecule has 0 amide bonds. The van der Waals surface area contributed by atoms with E-state index in [1.807, 2.05) is 7.05 Å². The summed E-state index contributed by atoms with van der Waals surface area (Å²) in [6, 6.07) is 7.15. The quantitative estimate of drug-likeness (QED) is 0.812. The molecule has 1 rings (SSSR count). The van der Waals surface area contributed by atoms with Crippen LogP contribution in [-0.4, -0.2) is 57.6 Å². The summed E-state index contributed by atoms with van der Waals surface area (Å²) in [6.07, 6.45) is 0. The maximum Gasteiger partial charge on any atom is 0.0446 e. The number of aryl methyl sites for hydroxylation is 2. The molecule has 0 heterocycles. The first kappa shape index (κ1) is 16.2. The Morgan fingerprint density at radius 1 is 1.05 bits per heavy atom. The van der Waals surface area contributed by atoms with Gasteiger partial charge in [-0.25, -0.2) is 0 Å². The van der Waals surface area contributed by atoms with Crippen molar-refractivity contribution in [2.24, 2.45) is 0 Å². The van der Waals surface area contributed by atoms with Crippen molar-refractivity contribution >= 4 is 0 Å². The summed E-state index contributed by atoms with van der Waals surface area (Å²) < 4.78 is 0. The second-order valence-corrected chi connectivity index (χ2v) is 5.75. The van der Waals surface area contributed by atoms with E-state index in [4.69, 9.17) is 0 Å². The summed E-state index contributed by atoms with van der Waals surface area (Å²) in [5.41, 5.74) is 4.11. The van der Waals surface area contributed by atoms with Crippen LogP contribution in [-0.2, 0) is 0 Å². The van der Waals surface area contributed by atoms with Crippen LogP contribution in [0.25, 0.3) is 0 Å². The lowest BCUT2D eigenvalue weighted by molar-refractivity contribution is 0.260. The highest BCUT2D eigenvalue weighted by molar-refractivity contribution is 5.31. The zero-order chi connectivity index (χ0) is 14.4. The summed E-state index contributed by atoms with van der Waals surface area (Å²) in [5.74, 6) is 0. The molecule has 3 nitrogen and oxygen atoms in total. The average molecular weight is 263 g/mol. The van der Waals surface area contributed by atoms with Gasteiger partial charge < -0.3 is 15.1 Å². The van der Waals surface area contributed by atoms with Gasteiger partial charge in [-0.15, -0.1) is 0 Å². The van der Waals surface area contributed by atoms with Crippen LogP contribution in [0.2, 0.25) is 0 Å². The van der Waals surface area contributed by atoms with Crippen LogP contribution in [0.1, 0.15) is 22.7 Å². The second kappa shape index (κ2) is 7.63. The minimum Gasteiger partial charge on any atom is -0.312 e. The number of nitrogens with zero attached hydrogens (tertiary/aromatic N) is 2. The van der Waals surface area contributed by atoms with Gasteiger partial charge in [-0.1, -0.05) is 18.2 Å². The van der Waals surface area contributed by atoms with Crippen molar-refractivity contribution in [1.29, 1.82) is 0 Å². The number of rotatable bonds is 7. The van der Waals surface area contributed by atoms with E-state index < -0.39 is 0 Å². The first-order chi connectivity index (χ1) is 8.93. The maximum absolute atomic E-state index is 3.43. The Hall–Kier alpha value is -0.900. The molecule has 0 fully saturated rings. The molecule has 3 heteroatoms. The molecule has 0 spiro atoms. The molecule has 1 aromatic rings. The van der Waals surface area contributed by atoms with Crippen LogP contribution >= 0.6 is 0 Å². The largest absolute Gasteiger partial charge is 0.312 e. The first-order valence-electron chi connectivity index (χ1n) is 7.01. The monoisotopic (exact) mass is 263 g/mol. The average Bonchev–Trinajstić information content (AvgIpc) is 2.37. The summed E-state index contributed by atoms with van der Waals surface area (Å²) in [7, 11) is 8.47. The lowest BCUT2D eigenvalue weighted by Gasteiger charge is -2.25. The third kappa shape index (κ3) is 5.31. The lowest BCUT2D eigenvalue weighted by Crippen LogP contribution is -2.35. The van der Waals surface area contributed by atoms with Gasteiger partial charge in [0.1, 0.15) is 0 Å². The summed E-state index contributed by atoms with van der Waals surface area (Å²) in [6.45, 7) is 7.57. The van der Waals surface area contributed by atoms with Gasteiger partial charge in [0.25, 0.3) is 0 Å². The summed E-state index contributed by atoms with van der Waals surface area (Å²) in [5, 5.41) is 3.43. The van der Waals surface area contributed by atoms with Crippen molar-refractivity contribution < 1.29 is 0 Å². The van der Waals surface area contributed by atoms with E-state index in [1.165, 1.54) is 16.7 Å².